The lowest BCUT2D eigenvalue weighted by atomic mass is 10.1. The van der Waals surface area contributed by atoms with Gasteiger partial charge in [-0.05, 0) is 30.2 Å². The average molecular weight is 272 g/mol. The maximum absolute atomic E-state index is 11.9. The molecule has 2 aromatic rings. The normalized spacial score (nSPS) is 10.2. The highest BCUT2D eigenvalue weighted by Crippen LogP contribution is 2.17. The molecule has 0 radical (unpaired) electrons. The van der Waals surface area contributed by atoms with Crippen molar-refractivity contribution in [1.29, 1.82) is 0 Å². The molecule has 1 aromatic heterocycles. The summed E-state index contributed by atoms with van der Waals surface area (Å²) in [4.78, 5) is 16.1. The number of amides is 1. The van der Waals surface area contributed by atoms with E-state index in [1.165, 1.54) is 11.8 Å². The van der Waals surface area contributed by atoms with Crippen LogP contribution in [0.3, 0.4) is 0 Å². The van der Waals surface area contributed by atoms with Crippen molar-refractivity contribution < 1.29 is 4.79 Å². The van der Waals surface area contributed by atoms with E-state index in [1.54, 1.807) is 6.20 Å². The predicted molar refractivity (Wildman–Crippen MR) is 79.4 cm³/mol. The molecule has 0 spiro atoms. The van der Waals surface area contributed by atoms with Crippen LogP contribution in [0.4, 0.5) is 5.69 Å². The van der Waals surface area contributed by atoms with Crippen LogP contribution < -0.4 is 5.32 Å². The molecule has 19 heavy (non-hydrogen) atoms. The monoisotopic (exact) mass is 272 g/mol. The zero-order valence-electron chi connectivity index (χ0n) is 10.8. The first kappa shape index (κ1) is 13.6. The van der Waals surface area contributed by atoms with Crippen molar-refractivity contribution in [3.05, 3.63) is 54.2 Å². The SMILES string of the molecule is CCc1ccccc1NC(=O)CSc1ccccn1. The summed E-state index contributed by atoms with van der Waals surface area (Å²) < 4.78 is 0. The molecule has 0 saturated heterocycles. The quantitative estimate of drug-likeness (QED) is 0.848. The van der Waals surface area contributed by atoms with Crippen molar-refractivity contribution in [2.45, 2.75) is 18.4 Å². The second kappa shape index (κ2) is 6.95. The highest BCUT2D eigenvalue weighted by molar-refractivity contribution is 7.99. The lowest BCUT2D eigenvalue weighted by Crippen LogP contribution is -2.15. The number of aryl methyl sites for hydroxylation is 1. The third kappa shape index (κ3) is 4.10. The summed E-state index contributed by atoms with van der Waals surface area (Å²) in [7, 11) is 0. The number of thioether (sulfide) groups is 1. The molecule has 0 aliphatic rings. The molecular formula is C15H16N2OS. The maximum atomic E-state index is 11.9. The highest BCUT2D eigenvalue weighted by atomic mass is 32.2. The molecule has 1 heterocycles. The highest BCUT2D eigenvalue weighted by Gasteiger charge is 2.06. The Morgan fingerprint density at radius 1 is 1.21 bits per heavy atom. The van der Waals surface area contributed by atoms with E-state index in [2.05, 4.69) is 17.2 Å². The summed E-state index contributed by atoms with van der Waals surface area (Å²) in [6.07, 6.45) is 2.64. The van der Waals surface area contributed by atoms with Crippen LogP contribution in [-0.4, -0.2) is 16.6 Å². The molecule has 0 aliphatic heterocycles. The average Bonchev–Trinajstić information content (AvgIpc) is 2.47. The van der Waals surface area contributed by atoms with Crippen molar-refractivity contribution >= 4 is 23.4 Å². The minimum absolute atomic E-state index is 0.00319. The number of carbonyl (C=O) groups excluding carboxylic acids is 1. The van der Waals surface area contributed by atoms with Gasteiger partial charge in [0.15, 0.2) is 0 Å². The Morgan fingerprint density at radius 2 is 2.00 bits per heavy atom. The summed E-state index contributed by atoms with van der Waals surface area (Å²) in [5.74, 6) is 0.367. The standard InChI is InChI=1S/C15H16N2OS/c1-2-12-7-3-4-8-13(12)17-14(18)11-19-15-9-5-6-10-16-15/h3-10H,2,11H2,1H3,(H,17,18). The topological polar surface area (TPSA) is 42.0 Å². The van der Waals surface area contributed by atoms with Crippen LogP contribution in [0.15, 0.2) is 53.7 Å². The molecule has 0 bridgehead atoms. The third-order valence-corrected chi connectivity index (χ3v) is 3.61. The van der Waals surface area contributed by atoms with Gasteiger partial charge in [0, 0.05) is 11.9 Å². The Kier molecular flexibility index (Phi) is 4.98. The molecule has 0 fully saturated rings. The lowest BCUT2D eigenvalue weighted by Gasteiger charge is -2.09. The van der Waals surface area contributed by atoms with Crippen LogP contribution in [0.5, 0.6) is 0 Å². The molecule has 0 atom stereocenters. The molecule has 4 heteroatoms. The van der Waals surface area contributed by atoms with E-state index in [9.17, 15) is 4.79 Å². The maximum Gasteiger partial charge on any atom is 0.234 e. The van der Waals surface area contributed by atoms with Crippen LogP contribution in [-0.2, 0) is 11.2 Å². The Hall–Kier alpha value is -1.81. The van der Waals surface area contributed by atoms with E-state index in [0.29, 0.717) is 5.75 Å². The van der Waals surface area contributed by atoms with Crippen molar-refractivity contribution in [2.75, 3.05) is 11.1 Å². The zero-order valence-corrected chi connectivity index (χ0v) is 11.6. The van der Waals surface area contributed by atoms with Gasteiger partial charge in [0.1, 0.15) is 0 Å². The summed E-state index contributed by atoms with van der Waals surface area (Å²) in [6, 6.07) is 13.6. The number of rotatable bonds is 5. The first-order chi connectivity index (χ1) is 9.29. The fourth-order valence-corrected chi connectivity index (χ4v) is 2.37. The number of nitrogens with one attached hydrogen (secondary N) is 1. The van der Waals surface area contributed by atoms with Gasteiger partial charge in [0.2, 0.25) is 5.91 Å². The van der Waals surface area contributed by atoms with Crippen LogP contribution in [0.1, 0.15) is 12.5 Å². The predicted octanol–water partition coefficient (Wildman–Crippen LogP) is 3.37. The van der Waals surface area contributed by atoms with Gasteiger partial charge in [-0.3, -0.25) is 4.79 Å². The number of hydrogen-bond donors (Lipinski definition) is 1. The number of anilines is 1. The second-order valence-corrected chi connectivity index (χ2v) is 5.01. The molecule has 1 amide bonds. The van der Waals surface area contributed by atoms with Gasteiger partial charge in [-0.1, -0.05) is 43.0 Å². The Balaban J connectivity index is 1.91. The van der Waals surface area contributed by atoms with E-state index >= 15 is 0 Å². The minimum Gasteiger partial charge on any atom is -0.325 e. The van der Waals surface area contributed by atoms with Crippen molar-refractivity contribution in [3.63, 3.8) is 0 Å². The first-order valence-corrected chi connectivity index (χ1v) is 7.19. The largest absolute Gasteiger partial charge is 0.325 e. The molecule has 3 nitrogen and oxygen atoms in total. The Morgan fingerprint density at radius 3 is 2.74 bits per heavy atom. The molecular weight excluding hydrogens is 256 g/mol. The number of hydrogen-bond acceptors (Lipinski definition) is 3. The summed E-state index contributed by atoms with van der Waals surface area (Å²) in [6.45, 7) is 2.08. The van der Waals surface area contributed by atoms with Crippen LogP contribution in [0, 0.1) is 0 Å². The van der Waals surface area contributed by atoms with Gasteiger partial charge in [0.25, 0.3) is 0 Å². The number of benzene rings is 1. The van der Waals surface area contributed by atoms with E-state index in [-0.39, 0.29) is 5.91 Å². The fraction of sp³-hybridized carbons (Fsp3) is 0.200. The summed E-state index contributed by atoms with van der Waals surface area (Å²) >= 11 is 1.44. The molecule has 0 unspecified atom stereocenters. The molecule has 1 aromatic carbocycles. The van der Waals surface area contributed by atoms with Gasteiger partial charge >= 0.3 is 0 Å². The van der Waals surface area contributed by atoms with Crippen molar-refractivity contribution in [1.82, 2.24) is 4.98 Å². The van der Waals surface area contributed by atoms with Crippen LogP contribution in [0.25, 0.3) is 0 Å². The van der Waals surface area contributed by atoms with Gasteiger partial charge in [0.05, 0.1) is 10.8 Å². The minimum atomic E-state index is -0.00319. The molecule has 98 valence electrons. The molecule has 1 N–H and O–H groups in total. The van der Waals surface area contributed by atoms with Gasteiger partial charge in [-0.2, -0.15) is 0 Å². The summed E-state index contributed by atoms with van der Waals surface area (Å²) in [5.41, 5.74) is 2.05. The van der Waals surface area contributed by atoms with Gasteiger partial charge < -0.3 is 5.32 Å². The number of nitrogens with zero attached hydrogens (tertiary/aromatic N) is 1. The number of para-hydroxylation sites is 1. The van der Waals surface area contributed by atoms with Gasteiger partial charge in [-0.25, -0.2) is 4.98 Å². The smallest absolute Gasteiger partial charge is 0.234 e. The third-order valence-electron chi connectivity index (χ3n) is 2.66. The van der Waals surface area contributed by atoms with E-state index in [4.69, 9.17) is 0 Å². The van der Waals surface area contributed by atoms with Gasteiger partial charge in [-0.15, -0.1) is 0 Å². The fourth-order valence-electron chi connectivity index (χ4n) is 1.71. The Labute approximate surface area is 117 Å². The molecule has 2 rings (SSSR count). The molecule has 0 aliphatic carbocycles. The molecule has 0 saturated carbocycles. The number of carbonyl (C=O) groups is 1. The van der Waals surface area contributed by atoms with Crippen LogP contribution in [0.2, 0.25) is 0 Å². The lowest BCUT2D eigenvalue weighted by molar-refractivity contribution is -0.113. The first-order valence-electron chi connectivity index (χ1n) is 6.21. The van der Waals surface area contributed by atoms with E-state index in [0.717, 1.165) is 22.7 Å². The summed E-state index contributed by atoms with van der Waals surface area (Å²) in [5, 5.41) is 3.81. The van der Waals surface area contributed by atoms with Crippen LogP contribution >= 0.6 is 11.8 Å². The Bertz CT molecular complexity index is 543. The number of pyridine rings is 1. The zero-order chi connectivity index (χ0) is 13.5. The van der Waals surface area contributed by atoms with Crippen molar-refractivity contribution in [2.24, 2.45) is 0 Å². The van der Waals surface area contributed by atoms with Crippen molar-refractivity contribution in [3.8, 4) is 0 Å². The van der Waals surface area contributed by atoms with E-state index in [1.807, 2.05) is 42.5 Å². The second-order valence-electron chi connectivity index (χ2n) is 4.02. The number of aromatic nitrogens is 1. The van der Waals surface area contributed by atoms with E-state index < -0.39 is 0 Å².